The second-order valence-corrected chi connectivity index (χ2v) is 7.22. The lowest BCUT2D eigenvalue weighted by Crippen LogP contribution is -2.37. The van der Waals surface area contributed by atoms with Crippen molar-refractivity contribution in [3.8, 4) is 0 Å². The molecule has 23 heavy (non-hydrogen) atoms. The highest BCUT2D eigenvalue weighted by atomic mass is 32.2. The van der Waals surface area contributed by atoms with Gasteiger partial charge in [0, 0.05) is 17.5 Å². The van der Waals surface area contributed by atoms with Gasteiger partial charge in [0.25, 0.3) is 0 Å². The Morgan fingerprint density at radius 3 is 2.61 bits per heavy atom. The van der Waals surface area contributed by atoms with Crippen molar-refractivity contribution in [3.05, 3.63) is 65.7 Å². The minimum absolute atomic E-state index is 0.272. The van der Waals surface area contributed by atoms with Gasteiger partial charge in [-0.1, -0.05) is 48.0 Å². The van der Waals surface area contributed by atoms with Crippen LogP contribution in [0.4, 0.5) is 0 Å². The molecule has 1 atom stereocenters. The summed E-state index contributed by atoms with van der Waals surface area (Å²) in [5.41, 5.74) is 2.58. The number of hydrogen-bond acceptors (Lipinski definition) is 2. The van der Waals surface area contributed by atoms with Gasteiger partial charge < -0.3 is 4.90 Å². The van der Waals surface area contributed by atoms with E-state index < -0.39 is 0 Å². The van der Waals surface area contributed by atoms with E-state index in [9.17, 15) is 4.79 Å². The number of rotatable bonds is 5. The fourth-order valence-electron chi connectivity index (χ4n) is 3.12. The predicted molar refractivity (Wildman–Crippen MR) is 96.8 cm³/mol. The van der Waals surface area contributed by atoms with Crippen molar-refractivity contribution in [1.82, 2.24) is 4.90 Å². The summed E-state index contributed by atoms with van der Waals surface area (Å²) in [5, 5.41) is 0. The minimum Gasteiger partial charge on any atom is -0.339 e. The van der Waals surface area contributed by atoms with Crippen LogP contribution in [0, 0.1) is 6.92 Å². The topological polar surface area (TPSA) is 20.3 Å². The van der Waals surface area contributed by atoms with Crippen LogP contribution in [0.15, 0.2) is 59.5 Å². The molecule has 0 bridgehead atoms. The molecule has 0 radical (unpaired) electrons. The fraction of sp³-hybridized carbons (Fsp3) is 0.350. The highest BCUT2D eigenvalue weighted by molar-refractivity contribution is 8.00. The molecule has 0 aliphatic carbocycles. The number of hydrogen-bond donors (Lipinski definition) is 0. The maximum absolute atomic E-state index is 12.6. The third kappa shape index (κ3) is 4.38. The second kappa shape index (κ2) is 7.69. The summed E-state index contributed by atoms with van der Waals surface area (Å²) < 4.78 is 0. The van der Waals surface area contributed by atoms with Crippen LogP contribution < -0.4 is 0 Å². The molecule has 1 aliphatic heterocycles. The molecule has 2 aromatic carbocycles. The molecule has 3 heteroatoms. The van der Waals surface area contributed by atoms with Crippen LogP contribution in [0.25, 0.3) is 0 Å². The van der Waals surface area contributed by atoms with Crippen molar-refractivity contribution in [1.29, 1.82) is 0 Å². The van der Waals surface area contributed by atoms with Gasteiger partial charge in [-0.2, -0.15) is 0 Å². The van der Waals surface area contributed by atoms with E-state index in [4.69, 9.17) is 0 Å². The van der Waals surface area contributed by atoms with Crippen LogP contribution in [0.3, 0.4) is 0 Å². The summed E-state index contributed by atoms with van der Waals surface area (Å²) in [4.78, 5) is 15.9. The average Bonchev–Trinajstić information content (AvgIpc) is 3.03. The average molecular weight is 325 g/mol. The van der Waals surface area contributed by atoms with Crippen molar-refractivity contribution < 1.29 is 4.79 Å². The van der Waals surface area contributed by atoms with Gasteiger partial charge in [-0.3, -0.25) is 4.79 Å². The van der Waals surface area contributed by atoms with Gasteiger partial charge >= 0.3 is 0 Å². The molecule has 0 spiro atoms. The Morgan fingerprint density at radius 2 is 1.87 bits per heavy atom. The standard InChI is InChI=1S/C20H23NOS/c1-16-9-11-19(12-10-16)23-15-20(22)21-13-5-8-18(21)14-17-6-3-2-4-7-17/h2-4,6-7,9-12,18H,5,8,13-15H2,1H3. The first kappa shape index (κ1) is 16.1. The van der Waals surface area contributed by atoms with Crippen LogP contribution >= 0.6 is 11.8 Å². The molecule has 1 aliphatic rings. The lowest BCUT2D eigenvalue weighted by Gasteiger charge is -2.25. The Kier molecular flexibility index (Phi) is 5.39. The summed E-state index contributed by atoms with van der Waals surface area (Å²) in [7, 11) is 0. The lowest BCUT2D eigenvalue weighted by molar-refractivity contribution is -0.129. The largest absolute Gasteiger partial charge is 0.339 e. The predicted octanol–water partition coefficient (Wildman–Crippen LogP) is 4.32. The number of carbonyl (C=O) groups excluding carboxylic acids is 1. The highest BCUT2D eigenvalue weighted by Gasteiger charge is 2.28. The molecule has 2 aromatic rings. The normalized spacial score (nSPS) is 17.4. The third-order valence-corrected chi connectivity index (χ3v) is 5.39. The summed E-state index contributed by atoms with van der Waals surface area (Å²) >= 11 is 1.64. The number of amides is 1. The Labute approximate surface area is 142 Å². The van der Waals surface area contributed by atoms with Crippen molar-refractivity contribution in [2.75, 3.05) is 12.3 Å². The molecule has 3 rings (SSSR count). The molecular formula is C20H23NOS. The van der Waals surface area contributed by atoms with Gasteiger partial charge in [0.1, 0.15) is 0 Å². The minimum atomic E-state index is 0.272. The first-order valence-corrected chi connectivity index (χ1v) is 9.24. The Morgan fingerprint density at radius 1 is 1.13 bits per heavy atom. The molecule has 2 nitrogen and oxygen atoms in total. The van der Waals surface area contributed by atoms with E-state index in [1.165, 1.54) is 16.0 Å². The molecule has 1 amide bonds. The van der Waals surface area contributed by atoms with Gasteiger partial charge in [0.05, 0.1) is 5.75 Å². The van der Waals surface area contributed by atoms with E-state index in [-0.39, 0.29) is 5.91 Å². The summed E-state index contributed by atoms with van der Waals surface area (Å²) in [6, 6.07) is 19.2. The van der Waals surface area contributed by atoms with Crippen molar-refractivity contribution in [2.24, 2.45) is 0 Å². The molecule has 1 unspecified atom stereocenters. The lowest BCUT2D eigenvalue weighted by atomic mass is 10.0. The first-order valence-electron chi connectivity index (χ1n) is 8.25. The van der Waals surface area contributed by atoms with Crippen LogP contribution in [0.5, 0.6) is 0 Å². The van der Waals surface area contributed by atoms with Crippen molar-refractivity contribution in [3.63, 3.8) is 0 Å². The van der Waals surface area contributed by atoms with Gasteiger partial charge in [-0.05, 0) is 43.9 Å². The molecule has 0 aromatic heterocycles. The van der Waals surface area contributed by atoms with Gasteiger partial charge in [0.2, 0.25) is 5.91 Å². The molecule has 0 saturated carbocycles. The maximum atomic E-state index is 12.6. The smallest absolute Gasteiger partial charge is 0.233 e. The Balaban J connectivity index is 1.56. The zero-order valence-electron chi connectivity index (χ0n) is 13.6. The monoisotopic (exact) mass is 325 g/mol. The van der Waals surface area contributed by atoms with E-state index in [1.807, 2.05) is 6.07 Å². The van der Waals surface area contributed by atoms with Crippen molar-refractivity contribution in [2.45, 2.75) is 37.1 Å². The zero-order chi connectivity index (χ0) is 16.1. The highest BCUT2D eigenvalue weighted by Crippen LogP contribution is 2.24. The van der Waals surface area contributed by atoms with Crippen LogP contribution in [-0.2, 0) is 11.2 Å². The summed E-state index contributed by atoms with van der Waals surface area (Å²) in [6.45, 7) is 2.99. The van der Waals surface area contributed by atoms with E-state index in [0.29, 0.717) is 11.8 Å². The summed E-state index contributed by atoms with van der Waals surface area (Å²) in [5.74, 6) is 0.808. The van der Waals surface area contributed by atoms with Gasteiger partial charge in [-0.25, -0.2) is 0 Å². The van der Waals surface area contributed by atoms with Gasteiger partial charge in [0.15, 0.2) is 0 Å². The van der Waals surface area contributed by atoms with Crippen molar-refractivity contribution >= 4 is 17.7 Å². The second-order valence-electron chi connectivity index (χ2n) is 6.17. The van der Waals surface area contributed by atoms with Crippen LogP contribution in [0.1, 0.15) is 24.0 Å². The zero-order valence-corrected chi connectivity index (χ0v) is 14.4. The molecule has 1 fully saturated rings. The number of thioether (sulfide) groups is 1. The number of aryl methyl sites for hydroxylation is 1. The third-order valence-electron chi connectivity index (χ3n) is 4.39. The Hall–Kier alpha value is -1.74. The summed E-state index contributed by atoms with van der Waals surface area (Å²) in [6.07, 6.45) is 3.22. The van der Waals surface area contributed by atoms with E-state index >= 15 is 0 Å². The molecular weight excluding hydrogens is 302 g/mol. The number of carbonyl (C=O) groups is 1. The van der Waals surface area contributed by atoms with Crippen LogP contribution in [-0.4, -0.2) is 29.1 Å². The number of likely N-dealkylation sites (tertiary alicyclic amines) is 1. The maximum Gasteiger partial charge on any atom is 0.233 e. The van der Waals surface area contributed by atoms with E-state index in [1.54, 1.807) is 11.8 Å². The fourth-order valence-corrected chi connectivity index (χ4v) is 3.91. The molecule has 1 heterocycles. The molecule has 0 N–H and O–H groups in total. The Bertz CT molecular complexity index is 638. The van der Waals surface area contributed by atoms with Gasteiger partial charge in [-0.15, -0.1) is 11.8 Å². The molecule has 120 valence electrons. The molecule has 1 saturated heterocycles. The number of nitrogens with zero attached hydrogens (tertiary/aromatic N) is 1. The SMILES string of the molecule is Cc1ccc(SCC(=O)N2CCCC2Cc2ccccc2)cc1. The quantitative estimate of drug-likeness (QED) is 0.763. The van der Waals surface area contributed by atoms with Crippen LogP contribution in [0.2, 0.25) is 0 Å². The van der Waals surface area contributed by atoms with E-state index in [2.05, 4.69) is 60.4 Å². The first-order chi connectivity index (χ1) is 11.2. The number of benzene rings is 2. The van der Waals surface area contributed by atoms with E-state index in [0.717, 1.165) is 25.8 Å².